The monoisotopic (exact) mass is 272 g/mol. The summed E-state index contributed by atoms with van der Waals surface area (Å²) in [5, 5.41) is 1.31. The van der Waals surface area contributed by atoms with Gasteiger partial charge in [0, 0.05) is 6.04 Å². The third-order valence-electron chi connectivity index (χ3n) is 3.64. The van der Waals surface area contributed by atoms with E-state index < -0.39 is 0 Å². The molecular weight excluding hydrogens is 255 g/mol. The zero-order valence-electron chi connectivity index (χ0n) is 10.00. The Kier molecular flexibility index (Phi) is 4.31. The molecule has 0 radical (unpaired) electrons. The number of hydrogen-bond acceptors (Lipinski definition) is 2. The molecule has 1 aromatic carbocycles. The maximum atomic E-state index is 6.32. The van der Waals surface area contributed by atoms with Crippen LogP contribution in [0.25, 0.3) is 0 Å². The third-order valence-corrected chi connectivity index (χ3v) is 4.47. The Labute approximate surface area is 113 Å². The molecule has 2 N–H and O–H groups in total. The van der Waals surface area contributed by atoms with Gasteiger partial charge in [-0.25, -0.2) is 0 Å². The van der Waals surface area contributed by atoms with Gasteiger partial charge in [0.1, 0.15) is 0 Å². The van der Waals surface area contributed by atoms with Gasteiger partial charge in [-0.2, -0.15) is 0 Å². The van der Waals surface area contributed by atoms with Crippen LogP contribution >= 0.6 is 23.2 Å². The molecule has 2 nitrogen and oxygen atoms in total. The third kappa shape index (κ3) is 2.45. The highest BCUT2D eigenvalue weighted by molar-refractivity contribution is 6.42. The van der Waals surface area contributed by atoms with Crippen molar-refractivity contribution in [2.75, 3.05) is 19.6 Å². The van der Waals surface area contributed by atoms with Crippen molar-refractivity contribution in [3.8, 4) is 0 Å². The highest BCUT2D eigenvalue weighted by Crippen LogP contribution is 2.41. The maximum absolute atomic E-state index is 6.32. The summed E-state index contributed by atoms with van der Waals surface area (Å²) in [4.78, 5) is 2.43. The van der Waals surface area contributed by atoms with Crippen molar-refractivity contribution in [2.45, 2.75) is 19.4 Å². The summed E-state index contributed by atoms with van der Waals surface area (Å²) < 4.78 is 0. The van der Waals surface area contributed by atoms with Gasteiger partial charge >= 0.3 is 0 Å². The van der Waals surface area contributed by atoms with Crippen LogP contribution in [-0.4, -0.2) is 24.5 Å². The van der Waals surface area contributed by atoms with Crippen molar-refractivity contribution < 1.29 is 0 Å². The predicted octanol–water partition coefficient (Wildman–Crippen LogP) is 3.34. The summed E-state index contributed by atoms with van der Waals surface area (Å²) >= 11 is 12.4. The quantitative estimate of drug-likeness (QED) is 0.915. The number of nitrogens with two attached hydrogens (primary N) is 1. The standard InChI is InChI=1S/C13H18Cl2N2/c1-2-17-7-6-9(8-16)13(17)10-4-3-5-11(14)12(10)15/h3-5,9,13H,2,6-8,16H2,1H3. The molecule has 0 aliphatic carbocycles. The van der Waals surface area contributed by atoms with Crippen molar-refractivity contribution in [1.82, 2.24) is 4.90 Å². The molecule has 2 unspecified atom stereocenters. The van der Waals surface area contributed by atoms with Crippen molar-refractivity contribution in [2.24, 2.45) is 11.7 Å². The van der Waals surface area contributed by atoms with Gasteiger partial charge < -0.3 is 5.73 Å². The van der Waals surface area contributed by atoms with Crippen LogP contribution in [0.15, 0.2) is 18.2 Å². The van der Waals surface area contributed by atoms with Crippen molar-refractivity contribution in [3.05, 3.63) is 33.8 Å². The van der Waals surface area contributed by atoms with Gasteiger partial charge in [0.2, 0.25) is 0 Å². The highest BCUT2D eigenvalue weighted by Gasteiger charge is 2.34. The van der Waals surface area contributed by atoms with Crippen molar-refractivity contribution in [1.29, 1.82) is 0 Å². The number of rotatable bonds is 3. The zero-order valence-corrected chi connectivity index (χ0v) is 11.5. The maximum Gasteiger partial charge on any atom is 0.0640 e. The first-order chi connectivity index (χ1) is 8.19. The number of likely N-dealkylation sites (tertiary alicyclic amines) is 1. The van der Waals surface area contributed by atoms with Crippen molar-refractivity contribution >= 4 is 23.2 Å². The summed E-state index contributed by atoms with van der Waals surface area (Å²) in [6, 6.07) is 6.17. The minimum absolute atomic E-state index is 0.316. The smallest absolute Gasteiger partial charge is 0.0640 e. The number of benzene rings is 1. The molecular formula is C13H18Cl2N2. The average molecular weight is 273 g/mol. The normalized spacial score (nSPS) is 25.4. The summed E-state index contributed by atoms with van der Waals surface area (Å²) in [5.74, 6) is 0.478. The number of nitrogens with zero attached hydrogens (tertiary/aromatic N) is 1. The second-order valence-electron chi connectivity index (χ2n) is 4.50. The van der Waals surface area contributed by atoms with Crippen LogP contribution in [0.5, 0.6) is 0 Å². The lowest BCUT2D eigenvalue weighted by atomic mass is 9.93. The van der Waals surface area contributed by atoms with Crippen LogP contribution < -0.4 is 5.73 Å². The van der Waals surface area contributed by atoms with E-state index in [9.17, 15) is 0 Å². The largest absolute Gasteiger partial charge is 0.330 e. The van der Waals surface area contributed by atoms with E-state index in [1.54, 1.807) is 0 Å². The van der Waals surface area contributed by atoms with E-state index in [2.05, 4.69) is 17.9 Å². The highest BCUT2D eigenvalue weighted by atomic mass is 35.5. The molecule has 1 aromatic rings. The van der Waals surface area contributed by atoms with Gasteiger partial charge in [-0.1, -0.05) is 42.3 Å². The Hall–Kier alpha value is -0.280. The summed E-state index contributed by atoms with van der Waals surface area (Å²) in [7, 11) is 0. The molecule has 94 valence electrons. The van der Waals surface area contributed by atoms with Gasteiger partial charge in [-0.15, -0.1) is 0 Å². The van der Waals surface area contributed by atoms with Gasteiger partial charge in [-0.3, -0.25) is 4.90 Å². The SMILES string of the molecule is CCN1CCC(CN)C1c1cccc(Cl)c1Cl. The molecule has 4 heteroatoms. The predicted molar refractivity (Wildman–Crippen MR) is 73.6 cm³/mol. The summed E-state index contributed by atoms with van der Waals surface area (Å²) in [6.07, 6.45) is 1.14. The van der Waals surface area contributed by atoms with E-state index in [4.69, 9.17) is 28.9 Å². The van der Waals surface area contributed by atoms with E-state index in [-0.39, 0.29) is 0 Å². The van der Waals surface area contributed by atoms with Gasteiger partial charge in [0.25, 0.3) is 0 Å². The molecule has 0 spiro atoms. The first kappa shape index (κ1) is 13.2. The Morgan fingerprint density at radius 3 is 2.82 bits per heavy atom. The van der Waals surface area contributed by atoms with Crippen LogP contribution in [0, 0.1) is 5.92 Å². The zero-order chi connectivity index (χ0) is 12.4. The molecule has 2 rings (SSSR count). The Morgan fingerprint density at radius 1 is 1.41 bits per heavy atom. The molecule has 1 heterocycles. The van der Waals surface area contributed by atoms with E-state index in [0.717, 1.165) is 25.1 Å². The Bertz CT molecular complexity index is 383. The second kappa shape index (κ2) is 5.57. The van der Waals surface area contributed by atoms with E-state index >= 15 is 0 Å². The minimum atomic E-state index is 0.316. The van der Waals surface area contributed by atoms with Gasteiger partial charge in [0.05, 0.1) is 10.0 Å². The second-order valence-corrected chi connectivity index (χ2v) is 5.29. The summed E-state index contributed by atoms with van der Waals surface area (Å²) in [5.41, 5.74) is 6.98. The Morgan fingerprint density at radius 2 is 2.18 bits per heavy atom. The molecule has 17 heavy (non-hydrogen) atoms. The minimum Gasteiger partial charge on any atom is -0.330 e. The molecule has 0 saturated carbocycles. The van der Waals surface area contributed by atoms with Gasteiger partial charge in [-0.05, 0) is 43.6 Å². The average Bonchev–Trinajstić information content (AvgIpc) is 2.75. The lowest BCUT2D eigenvalue weighted by Crippen LogP contribution is -2.28. The fourth-order valence-corrected chi connectivity index (χ4v) is 3.15. The molecule has 1 saturated heterocycles. The van der Waals surface area contributed by atoms with Gasteiger partial charge in [0.15, 0.2) is 0 Å². The van der Waals surface area contributed by atoms with Crippen LogP contribution in [-0.2, 0) is 0 Å². The van der Waals surface area contributed by atoms with E-state index in [0.29, 0.717) is 28.5 Å². The molecule has 0 bridgehead atoms. The lowest BCUT2D eigenvalue weighted by molar-refractivity contribution is 0.242. The van der Waals surface area contributed by atoms with Crippen LogP contribution in [0.1, 0.15) is 24.9 Å². The molecule has 1 fully saturated rings. The van der Waals surface area contributed by atoms with Crippen LogP contribution in [0.2, 0.25) is 10.0 Å². The first-order valence-corrected chi connectivity index (χ1v) is 6.82. The molecule has 1 aliphatic heterocycles. The molecule has 2 atom stereocenters. The van der Waals surface area contributed by atoms with Crippen LogP contribution in [0.3, 0.4) is 0 Å². The molecule has 0 amide bonds. The number of halogens is 2. The lowest BCUT2D eigenvalue weighted by Gasteiger charge is -2.28. The van der Waals surface area contributed by atoms with Crippen LogP contribution in [0.4, 0.5) is 0 Å². The van der Waals surface area contributed by atoms with E-state index in [1.807, 2.05) is 12.1 Å². The topological polar surface area (TPSA) is 29.3 Å². The molecule has 1 aliphatic rings. The van der Waals surface area contributed by atoms with E-state index in [1.165, 1.54) is 0 Å². The number of hydrogen-bond donors (Lipinski definition) is 1. The first-order valence-electron chi connectivity index (χ1n) is 6.07. The Balaban J connectivity index is 2.38. The molecule has 0 aromatic heterocycles. The fourth-order valence-electron chi connectivity index (χ4n) is 2.73. The van der Waals surface area contributed by atoms with Crippen molar-refractivity contribution in [3.63, 3.8) is 0 Å². The fraction of sp³-hybridized carbons (Fsp3) is 0.538. The summed E-state index contributed by atoms with van der Waals surface area (Å²) in [6.45, 7) is 4.98.